The van der Waals surface area contributed by atoms with E-state index in [2.05, 4.69) is 43.0 Å². The molecular weight excluding hydrogens is 414 g/mol. The highest BCUT2D eigenvalue weighted by molar-refractivity contribution is 5.77. The summed E-state index contributed by atoms with van der Waals surface area (Å²) in [5.41, 5.74) is 4.66. The topological polar surface area (TPSA) is 65.1 Å². The molecule has 1 aliphatic rings. The summed E-state index contributed by atoms with van der Waals surface area (Å²) in [6.07, 6.45) is 0.984. The van der Waals surface area contributed by atoms with Gasteiger partial charge in [0.05, 0.1) is 6.54 Å². The Morgan fingerprint density at radius 3 is 2.30 bits per heavy atom. The van der Waals surface area contributed by atoms with Gasteiger partial charge in [-0.3, -0.25) is 13.9 Å². The average molecular weight is 444 g/mol. The van der Waals surface area contributed by atoms with E-state index >= 15 is 0 Å². The van der Waals surface area contributed by atoms with Crippen LogP contribution in [0.2, 0.25) is 0 Å². The second kappa shape index (κ2) is 8.06. The van der Waals surface area contributed by atoms with Gasteiger partial charge < -0.3 is 9.47 Å². The zero-order valence-electron chi connectivity index (χ0n) is 19.6. The lowest BCUT2D eigenvalue weighted by Gasteiger charge is -2.33. The van der Waals surface area contributed by atoms with E-state index in [0.717, 1.165) is 29.8 Å². The number of rotatable bonds is 4. The summed E-state index contributed by atoms with van der Waals surface area (Å²) in [5, 5.41) is 0. The van der Waals surface area contributed by atoms with Crippen molar-refractivity contribution < 1.29 is 0 Å². The molecule has 1 atom stereocenters. The Kier molecular flexibility index (Phi) is 5.19. The molecule has 7 nitrogen and oxygen atoms in total. The van der Waals surface area contributed by atoms with E-state index < -0.39 is 0 Å². The molecular formula is C26H29N5O2. The molecule has 170 valence electrons. The molecule has 4 aromatic rings. The lowest BCUT2D eigenvalue weighted by molar-refractivity contribution is 0.458. The normalized spacial score (nSPS) is 15.8. The Labute approximate surface area is 192 Å². The van der Waals surface area contributed by atoms with Crippen LogP contribution in [0.4, 0.5) is 11.6 Å². The molecule has 0 unspecified atom stereocenters. The number of aromatic nitrogens is 4. The first-order chi connectivity index (χ1) is 15.9. The predicted octanol–water partition coefficient (Wildman–Crippen LogP) is 3.60. The minimum atomic E-state index is -0.351. The number of nitrogens with zero attached hydrogens (tertiary/aromatic N) is 5. The highest BCUT2D eigenvalue weighted by Crippen LogP contribution is 2.33. The highest BCUT2D eigenvalue weighted by Gasteiger charge is 2.29. The molecule has 0 fully saturated rings. The van der Waals surface area contributed by atoms with Crippen molar-refractivity contribution >= 4 is 22.8 Å². The fraction of sp³-hybridized carbons (Fsp3) is 0.346. The summed E-state index contributed by atoms with van der Waals surface area (Å²) in [7, 11) is 1.69. The van der Waals surface area contributed by atoms with Crippen LogP contribution in [0.5, 0.6) is 0 Å². The number of anilines is 2. The standard InChI is InChI=1S/C26H29N5O2/c1-5-19-10-12-21(13-11-19)29-14-18(3)15-30-22-23(27-25(29)30)28(4)26(33)31(24(22)32)16-20-8-6-17(2)7-9-20/h6-13,18H,5,14-16H2,1-4H3/t18-/m0/s1. The van der Waals surface area contributed by atoms with Gasteiger partial charge in [0.1, 0.15) is 0 Å². The molecule has 0 radical (unpaired) electrons. The van der Waals surface area contributed by atoms with E-state index in [1.54, 1.807) is 7.05 Å². The van der Waals surface area contributed by atoms with Crippen molar-refractivity contribution in [2.45, 2.75) is 40.3 Å². The van der Waals surface area contributed by atoms with Gasteiger partial charge in [-0.1, -0.05) is 55.8 Å². The van der Waals surface area contributed by atoms with Crippen molar-refractivity contribution in [2.24, 2.45) is 13.0 Å². The maximum absolute atomic E-state index is 13.6. The number of benzene rings is 2. The lowest BCUT2D eigenvalue weighted by atomic mass is 10.1. The van der Waals surface area contributed by atoms with Crippen molar-refractivity contribution in [3.8, 4) is 0 Å². The SMILES string of the molecule is CCc1ccc(N2C[C@H](C)Cn3c2nc2c3c(=O)n(Cc3ccc(C)cc3)c(=O)n2C)cc1. The van der Waals surface area contributed by atoms with Crippen molar-refractivity contribution in [3.63, 3.8) is 0 Å². The van der Waals surface area contributed by atoms with Crippen molar-refractivity contribution in [1.29, 1.82) is 0 Å². The van der Waals surface area contributed by atoms with Gasteiger partial charge in [-0.2, -0.15) is 4.98 Å². The van der Waals surface area contributed by atoms with Crippen LogP contribution in [0.1, 0.15) is 30.5 Å². The summed E-state index contributed by atoms with van der Waals surface area (Å²) in [4.78, 5) is 33.7. The maximum Gasteiger partial charge on any atom is 0.332 e. The predicted molar refractivity (Wildman–Crippen MR) is 132 cm³/mol. The third kappa shape index (κ3) is 3.57. The third-order valence-corrected chi connectivity index (χ3v) is 6.56. The molecule has 0 aliphatic carbocycles. The Bertz CT molecular complexity index is 1440. The second-order valence-corrected chi connectivity index (χ2v) is 9.15. The van der Waals surface area contributed by atoms with E-state index in [-0.39, 0.29) is 17.8 Å². The molecule has 2 aromatic heterocycles. The number of hydrogen-bond donors (Lipinski definition) is 0. The Morgan fingerprint density at radius 2 is 1.64 bits per heavy atom. The van der Waals surface area contributed by atoms with Crippen LogP contribution in [-0.4, -0.2) is 25.2 Å². The number of imidazole rings is 1. The van der Waals surface area contributed by atoms with Gasteiger partial charge in [0.15, 0.2) is 11.2 Å². The molecule has 3 heterocycles. The molecule has 0 saturated heterocycles. The van der Waals surface area contributed by atoms with Gasteiger partial charge in [-0.05, 0) is 42.5 Å². The monoisotopic (exact) mass is 443 g/mol. The second-order valence-electron chi connectivity index (χ2n) is 9.15. The van der Waals surface area contributed by atoms with Crippen LogP contribution in [0, 0.1) is 12.8 Å². The minimum absolute atomic E-state index is 0.236. The first-order valence-corrected chi connectivity index (χ1v) is 11.5. The summed E-state index contributed by atoms with van der Waals surface area (Å²) in [6.45, 7) is 8.06. The van der Waals surface area contributed by atoms with E-state index in [0.29, 0.717) is 29.6 Å². The van der Waals surface area contributed by atoms with Crippen molar-refractivity contribution in [1.82, 2.24) is 18.7 Å². The molecule has 5 rings (SSSR count). The molecule has 0 amide bonds. The van der Waals surface area contributed by atoms with Crippen LogP contribution in [0.3, 0.4) is 0 Å². The Balaban J connectivity index is 1.68. The first kappa shape index (κ1) is 21.2. The van der Waals surface area contributed by atoms with E-state index in [1.165, 1.54) is 14.7 Å². The summed E-state index contributed by atoms with van der Waals surface area (Å²) in [6, 6.07) is 16.4. The fourth-order valence-corrected chi connectivity index (χ4v) is 4.65. The van der Waals surface area contributed by atoms with Crippen LogP contribution in [0.15, 0.2) is 58.1 Å². The zero-order valence-corrected chi connectivity index (χ0v) is 19.6. The van der Waals surface area contributed by atoms with Crippen LogP contribution in [-0.2, 0) is 26.6 Å². The van der Waals surface area contributed by atoms with Crippen molar-refractivity contribution in [2.75, 3.05) is 11.4 Å². The smallest absolute Gasteiger partial charge is 0.312 e. The molecule has 0 N–H and O–H groups in total. The largest absolute Gasteiger partial charge is 0.332 e. The molecule has 33 heavy (non-hydrogen) atoms. The van der Waals surface area contributed by atoms with Gasteiger partial charge >= 0.3 is 5.69 Å². The van der Waals surface area contributed by atoms with Gasteiger partial charge in [0.2, 0.25) is 5.95 Å². The maximum atomic E-state index is 13.6. The zero-order chi connectivity index (χ0) is 23.3. The summed E-state index contributed by atoms with van der Waals surface area (Å²) in [5.74, 6) is 1.04. The van der Waals surface area contributed by atoms with Gasteiger partial charge in [0, 0.05) is 25.8 Å². The van der Waals surface area contributed by atoms with E-state index in [1.807, 2.05) is 35.8 Å². The molecule has 0 bridgehead atoms. The number of fused-ring (bicyclic) bond motifs is 3. The fourth-order valence-electron chi connectivity index (χ4n) is 4.65. The quantitative estimate of drug-likeness (QED) is 0.483. The van der Waals surface area contributed by atoms with Crippen LogP contribution >= 0.6 is 0 Å². The molecule has 0 saturated carbocycles. The van der Waals surface area contributed by atoms with Gasteiger partial charge in [-0.25, -0.2) is 4.79 Å². The van der Waals surface area contributed by atoms with Crippen LogP contribution < -0.4 is 16.1 Å². The number of hydrogen-bond acceptors (Lipinski definition) is 4. The molecule has 0 spiro atoms. The number of aryl methyl sites for hydroxylation is 3. The summed E-state index contributed by atoms with van der Waals surface area (Å²) >= 11 is 0. The minimum Gasteiger partial charge on any atom is -0.312 e. The molecule has 2 aromatic carbocycles. The lowest BCUT2D eigenvalue weighted by Crippen LogP contribution is -2.40. The van der Waals surface area contributed by atoms with Crippen LogP contribution in [0.25, 0.3) is 11.2 Å². The summed E-state index contributed by atoms with van der Waals surface area (Å²) < 4.78 is 4.81. The molecule has 1 aliphatic heterocycles. The average Bonchev–Trinajstić information content (AvgIpc) is 3.21. The Hall–Kier alpha value is -3.61. The van der Waals surface area contributed by atoms with Gasteiger partial charge in [0.25, 0.3) is 5.56 Å². The first-order valence-electron chi connectivity index (χ1n) is 11.5. The van der Waals surface area contributed by atoms with E-state index in [9.17, 15) is 9.59 Å². The van der Waals surface area contributed by atoms with Gasteiger partial charge in [-0.15, -0.1) is 0 Å². The molecule has 7 heteroatoms. The highest BCUT2D eigenvalue weighted by atomic mass is 16.2. The third-order valence-electron chi connectivity index (χ3n) is 6.56. The Morgan fingerprint density at radius 1 is 0.970 bits per heavy atom. The van der Waals surface area contributed by atoms with E-state index in [4.69, 9.17) is 4.98 Å². The van der Waals surface area contributed by atoms with Crippen molar-refractivity contribution in [3.05, 3.63) is 86.1 Å².